The average molecular weight is 225 g/mol. The Morgan fingerprint density at radius 2 is 2.19 bits per heavy atom. The van der Waals surface area contributed by atoms with Gasteiger partial charge in [-0.1, -0.05) is 32.6 Å². The van der Waals surface area contributed by atoms with Crippen LogP contribution in [-0.2, 0) is 7.05 Å². The Labute approximate surface area is 97.8 Å². The van der Waals surface area contributed by atoms with E-state index in [1.165, 1.54) is 25.7 Å². The van der Waals surface area contributed by atoms with Gasteiger partial charge in [-0.25, -0.2) is 0 Å². The fraction of sp³-hybridized carbons (Fsp3) is 0.750. The van der Waals surface area contributed by atoms with Gasteiger partial charge in [0.15, 0.2) is 5.75 Å². The number of aromatic nitrogens is 2. The minimum absolute atomic E-state index is 0.0271. The van der Waals surface area contributed by atoms with Crippen LogP contribution in [0.3, 0.4) is 0 Å². The van der Waals surface area contributed by atoms with Crippen LogP contribution < -0.4 is 10.5 Å². The first-order valence-electron chi connectivity index (χ1n) is 6.02. The predicted molar refractivity (Wildman–Crippen MR) is 65.4 cm³/mol. The number of ether oxygens (including phenoxy) is 1. The van der Waals surface area contributed by atoms with Gasteiger partial charge in [0.25, 0.3) is 0 Å². The van der Waals surface area contributed by atoms with Gasteiger partial charge in [0, 0.05) is 7.05 Å². The topological polar surface area (TPSA) is 53.1 Å². The molecular formula is C12H23N3O. The lowest BCUT2D eigenvalue weighted by atomic mass is 10.1. The van der Waals surface area contributed by atoms with Crippen molar-refractivity contribution < 1.29 is 4.74 Å². The number of rotatable bonds is 7. The second kappa shape index (κ2) is 6.53. The molecule has 4 heteroatoms. The maximum absolute atomic E-state index is 6.16. The molecule has 1 aromatic rings. The average Bonchev–Trinajstić information content (AvgIpc) is 2.65. The van der Waals surface area contributed by atoms with E-state index in [1.54, 1.807) is 13.3 Å². The highest BCUT2D eigenvalue weighted by Crippen LogP contribution is 2.26. The molecule has 92 valence electrons. The molecule has 0 radical (unpaired) electrons. The van der Waals surface area contributed by atoms with E-state index in [1.807, 2.05) is 11.7 Å². The van der Waals surface area contributed by atoms with Crippen molar-refractivity contribution in [2.45, 2.75) is 45.1 Å². The Morgan fingerprint density at radius 1 is 1.44 bits per heavy atom. The first-order chi connectivity index (χ1) is 7.70. The van der Waals surface area contributed by atoms with Crippen LogP contribution in [-0.4, -0.2) is 16.9 Å². The molecule has 1 aromatic heterocycles. The van der Waals surface area contributed by atoms with Crippen molar-refractivity contribution in [3.8, 4) is 5.75 Å². The van der Waals surface area contributed by atoms with E-state index < -0.39 is 0 Å². The lowest BCUT2D eigenvalue weighted by Gasteiger charge is -2.13. The van der Waals surface area contributed by atoms with Crippen molar-refractivity contribution in [3.05, 3.63) is 11.9 Å². The molecule has 0 aliphatic heterocycles. The number of hydrogen-bond donors (Lipinski definition) is 1. The highest BCUT2D eigenvalue weighted by molar-refractivity contribution is 5.27. The quantitative estimate of drug-likeness (QED) is 0.725. The summed E-state index contributed by atoms with van der Waals surface area (Å²) in [4.78, 5) is 0. The van der Waals surface area contributed by atoms with Gasteiger partial charge in [0.1, 0.15) is 0 Å². The summed E-state index contributed by atoms with van der Waals surface area (Å²) in [5, 5.41) is 4.16. The first-order valence-corrected chi connectivity index (χ1v) is 6.02. The highest BCUT2D eigenvalue weighted by Gasteiger charge is 2.16. The van der Waals surface area contributed by atoms with Gasteiger partial charge in [-0.2, -0.15) is 5.10 Å². The van der Waals surface area contributed by atoms with Crippen LogP contribution in [0.4, 0.5) is 0 Å². The van der Waals surface area contributed by atoms with Crippen LogP contribution in [0.15, 0.2) is 6.20 Å². The molecule has 1 unspecified atom stereocenters. The van der Waals surface area contributed by atoms with E-state index in [9.17, 15) is 0 Å². The Bertz CT molecular complexity index is 309. The Morgan fingerprint density at radius 3 is 2.81 bits per heavy atom. The van der Waals surface area contributed by atoms with Gasteiger partial charge in [0.05, 0.1) is 25.0 Å². The van der Waals surface area contributed by atoms with Crippen LogP contribution in [0.1, 0.15) is 50.8 Å². The Hall–Kier alpha value is -1.03. The van der Waals surface area contributed by atoms with E-state index in [0.29, 0.717) is 0 Å². The monoisotopic (exact) mass is 225 g/mol. The summed E-state index contributed by atoms with van der Waals surface area (Å²) in [6.45, 7) is 2.21. The van der Waals surface area contributed by atoms with Crippen molar-refractivity contribution in [2.24, 2.45) is 12.8 Å². The molecule has 16 heavy (non-hydrogen) atoms. The van der Waals surface area contributed by atoms with Gasteiger partial charge in [-0.15, -0.1) is 0 Å². The molecular weight excluding hydrogens is 202 g/mol. The molecule has 0 spiro atoms. The smallest absolute Gasteiger partial charge is 0.161 e. The largest absolute Gasteiger partial charge is 0.493 e. The molecule has 0 aliphatic carbocycles. The second-order valence-corrected chi connectivity index (χ2v) is 4.18. The molecule has 0 saturated heterocycles. The summed E-state index contributed by atoms with van der Waals surface area (Å²) in [6, 6.07) is 0.0271. The third-order valence-electron chi connectivity index (χ3n) is 2.89. The normalized spacial score (nSPS) is 12.8. The minimum atomic E-state index is 0.0271. The number of hydrogen-bond acceptors (Lipinski definition) is 3. The molecule has 0 fully saturated rings. The van der Waals surface area contributed by atoms with Crippen molar-refractivity contribution in [3.63, 3.8) is 0 Å². The van der Waals surface area contributed by atoms with Crippen LogP contribution >= 0.6 is 0 Å². The molecule has 2 N–H and O–H groups in total. The summed E-state index contributed by atoms with van der Waals surface area (Å²) in [5.41, 5.74) is 7.16. The SMILES string of the molecule is CCCCCCC(N)c1c(OC)cnn1C. The lowest BCUT2D eigenvalue weighted by molar-refractivity contribution is 0.399. The zero-order valence-corrected chi connectivity index (χ0v) is 10.6. The third-order valence-corrected chi connectivity index (χ3v) is 2.89. The number of unbranched alkanes of at least 4 members (excludes halogenated alkanes) is 3. The fourth-order valence-electron chi connectivity index (χ4n) is 1.93. The van der Waals surface area contributed by atoms with Gasteiger partial charge >= 0.3 is 0 Å². The van der Waals surface area contributed by atoms with Crippen LogP contribution in [0.5, 0.6) is 5.75 Å². The molecule has 0 saturated carbocycles. The van der Waals surface area contributed by atoms with E-state index >= 15 is 0 Å². The fourth-order valence-corrected chi connectivity index (χ4v) is 1.93. The van der Waals surface area contributed by atoms with Gasteiger partial charge in [0.2, 0.25) is 0 Å². The molecule has 4 nitrogen and oxygen atoms in total. The van der Waals surface area contributed by atoms with Gasteiger partial charge < -0.3 is 10.5 Å². The summed E-state index contributed by atoms with van der Waals surface area (Å²) in [7, 11) is 3.56. The zero-order chi connectivity index (χ0) is 12.0. The zero-order valence-electron chi connectivity index (χ0n) is 10.6. The van der Waals surface area contributed by atoms with E-state index in [2.05, 4.69) is 12.0 Å². The number of methoxy groups -OCH3 is 1. The summed E-state index contributed by atoms with van der Waals surface area (Å²) >= 11 is 0. The molecule has 1 rings (SSSR count). The summed E-state index contributed by atoms with van der Waals surface area (Å²) in [6.07, 6.45) is 7.68. The van der Waals surface area contributed by atoms with Crippen LogP contribution in [0, 0.1) is 0 Å². The highest BCUT2D eigenvalue weighted by atomic mass is 16.5. The molecule has 0 aliphatic rings. The standard InChI is InChI=1S/C12H23N3O/c1-4-5-6-7-8-10(13)12-11(16-3)9-14-15(12)2/h9-10H,4-8,13H2,1-3H3. The van der Waals surface area contributed by atoms with Gasteiger partial charge in [-0.05, 0) is 6.42 Å². The first kappa shape index (κ1) is 13.0. The van der Waals surface area contributed by atoms with Crippen LogP contribution in [0.25, 0.3) is 0 Å². The van der Waals surface area contributed by atoms with E-state index in [0.717, 1.165) is 17.9 Å². The van der Waals surface area contributed by atoms with Crippen molar-refractivity contribution >= 4 is 0 Å². The Kier molecular flexibility index (Phi) is 5.32. The van der Waals surface area contributed by atoms with Crippen molar-refractivity contribution in [1.29, 1.82) is 0 Å². The lowest BCUT2D eigenvalue weighted by Crippen LogP contribution is -2.15. The molecule has 0 amide bonds. The number of nitrogens with zero attached hydrogens (tertiary/aromatic N) is 2. The predicted octanol–water partition coefficient (Wildman–Crippen LogP) is 2.40. The second-order valence-electron chi connectivity index (χ2n) is 4.18. The van der Waals surface area contributed by atoms with E-state index in [4.69, 9.17) is 10.5 Å². The van der Waals surface area contributed by atoms with Crippen molar-refractivity contribution in [1.82, 2.24) is 9.78 Å². The number of aryl methyl sites for hydroxylation is 1. The van der Waals surface area contributed by atoms with Crippen molar-refractivity contribution in [2.75, 3.05) is 7.11 Å². The maximum atomic E-state index is 6.16. The minimum Gasteiger partial charge on any atom is -0.493 e. The summed E-state index contributed by atoms with van der Waals surface area (Å²) < 4.78 is 7.06. The van der Waals surface area contributed by atoms with Crippen LogP contribution in [0.2, 0.25) is 0 Å². The summed E-state index contributed by atoms with van der Waals surface area (Å²) in [5.74, 6) is 0.797. The molecule has 0 aromatic carbocycles. The third kappa shape index (κ3) is 3.23. The number of nitrogens with two attached hydrogens (primary N) is 1. The Balaban J connectivity index is 2.51. The molecule has 0 bridgehead atoms. The molecule has 1 heterocycles. The maximum Gasteiger partial charge on any atom is 0.161 e. The van der Waals surface area contributed by atoms with E-state index in [-0.39, 0.29) is 6.04 Å². The van der Waals surface area contributed by atoms with Gasteiger partial charge in [-0.3, -0.25) is 4.68 Å². The molecule has 1 atom stereocenters.